The molecule has 6 nitrogen and oxygen atoms in total. The van der Waals surface area contributed by atoms with Gasteiger partial charge in [-0.2, -0.15) is 0 Å². The van der Waals surface area contributed by atoms with Gasteiger partial charge in [-0.15, -0.1) is 11.6 Å². The third-order valence-electron chi connectivity index (χ3n) is 2.39. The van der Waals surface area contributed by atoms with Crippen molar-refractivity contribution in [1.29, 1.82) is 0 Å². The number of carbonyl (C=O) groups excluding carboxylic acids is 2. The maximum Gasteiger partial charge on any atom is 0.321 e. The first-order valence-corrected chi connectivity index (χ1v) is 6.11. The standard InChI is InChI=1S/C10H18ClN3O3/c1-8(7-14-2-4-17-5-3-14)12-10(16)13-9(15)6-11/h8H,2-7H2,1H3,(H2,12,13,15,16). The highest BCUT2D eigenvalue weighted by molar-refractivity contribution is 6.28. The fraction of sp³-hybridized carbons (Fsp3) is 0.800. The van der Waals surface area contributed by atoms with Crippen LogP contribution in [0.15, 0.2) is 0 Å². The molecule has 1 heterocycles. The van der Waals surface area contributed by atoms with Crippen LogP contribution >= 0.6 is 11.6 Å². The summed E-state index contributed by atoms with van der Waals surface area (Å²) < 4.78 is 5.23. The lowest BCUT2D eigenvalue weighted by molar-refractivity contribution is -0.117. The number of imide groups is 1. The first-order valence-electron chi connectivity index (χ1n) is 5.58. The molecule has 1 unspecified atom stereocenters. The van der Waals surface area contributed by atoms with E-state index in [2.05, 4.69) is 15.5 Å². The molecule has 17 heavy (non-hydrogen) atoms. The number of nitrogens with zero attached hydrogens (tertiary/aromatic N) is 1. The summed E-state index contributed by atoms with van der Waals surface area (Å²) in [6, 6.07) is -0.535. The minimum absolute atomic E-state index is 0.0313. The van der Waals surface area contributed by atoms with Gasteiger partial charge in [0.25, 0.3) is 0 Å². The molecule has 0 bridgehead atoms. The van der Waals surface area contributed by atoms with Gasteiger partial charge in [-0.25, -0.2) is 4.79 Å². The number of urea groups is 1. The number of alkyl halides is 1. The van der Waals surface area contributed by atoms with Gasteiger partial charge < -0.3 is 10.1 Å². The number of amides is 3. The van der Waals surface area contributed by atoms with Crippen molar-refractivity contribution in [1.82, 2.24) is 15.5 Å². The van der Waals surface area contributed by atoms with Gasteiger partial charge in [0.1, 0.15) is 5.88 Å². The van der Waals surface area contributed by atoms with Gasteiger partial charge in [0.05, 0.1) is 13.2 Å². The fourth-order valence-electron chi connectivity index (χ4n) is 1.64. The van der Waals surface area contributed by atoms with Crippen molar-refractivity contribution in [2.45, 2.75) is 13.0 Å². The van der Waals surface area contributed by atoms with E-state index < -0.39 is 11.9 Å². The number of nitrogens with one attached hydrogen (secondary N) is 2. The Morgan fingerprint density at radius 2 is 2.06 bits per heavy atom. The number of carbonyl (C=O) groups is 2. The zero-order valence-corrected chi connectivity index (χ0v) is 10.6. The minimum atomic E-state index is -0.503. The highest BCUT2D eigenvalue weighted by atomic mass is 35.5. The predicted octanol–water partition coefficient (Wildman–Crippen LogP) is -0.228. The monoisotopic (exact) mass is 263 g/mol. The Labute approximate surface area is 106 Å². The Morgan fingerprint density at radius 3 is 2.65 bits per heavy atom. The summed E-state index contributed by atoms with van der Waals surface area (Å²) in [4.78, 5) is 24.4. The summed E-state index contributed by atoms with van der Waals surface area (Å²) in [5, 5.41) is 4.81. The fourth-order valence-corrected chi connectivity index (χ4v) is 1.70. The maximum atomic E-state index is 11.3. The lowest BCUT2D eigenvalue weighted by atomic mass is 10.3. The Hall–Kier alpha value is -0.850. The normalized spacial score (nSPS) is 18.5. The zero-order chi connectivity index (χ0) is 12.7. The second-order valence-electron chi connectivity index (χ2n) is 3.97. The van der Waals surface area contributed by atoms with Crippen molar-refractivity contribution >= 4 is 23.5 Å². The van der Waals surface area contributed by atoms with E-state index in [1.54, 1.807) is 0 Å². The molecule has 1 rings (SSSR count). The van der Waals surface area contributed by atoms with Gasteiger partial charge in [-0.1, -0.05) is 0 Å². The molecule has 1 aliphatic heterocycles. The predicted molar refractivity (Wildman–Crippen MR) is 64.1 cm³/mol. The molecule has 0 aromatic carbocycles. The third kappa shape index (κ3) is 5.86. The molecule has 7 heteroatoms. The molecule has 1 saturated heterocycles. The number of morpholine rings is 1. The molecule has 98 valence electrons. The lowest BCUT2D eigenvalue weighted by Gasteiger charge is -2.29. The highest BCUT2D eigenvalue weighted by Crippen LogP contribution is 1.98. The second-order valence-corrected chi connectivity index (χ2v) is 4.24. The summed E-state index contributed by atoms with van der Waals surface area (Å²) >= 11 is 5.27. The second kappa shape index (κ2) is 7.47. The Morgan fingerprint density at radius 1 is 1.41 bits per heavy atom. The Balaban J connectivity index is 2.21. The van der Waals surface area contributed by atoms with Crippen molar-refractivity contribution in [3.63, 3.8) is 0 Å². The highest BCUT2D eigenvalue weighted by Gasteiger charge is 2.15. The molecule has 0 aliphatic carbocycles. The topological polar surface area (TPSA) is 70.7 Å². The van der Waals surface area contributed by atoms with Crippen LogP contribution in [-0.2, 0) is 9.53 Å². The first-order chi connectivity index (χ1) is 8.11. The molecule has 1 fully saturated rings. The van der Waals surface area contributed by atoms with E-state index in [0.29, 0.717) is 0 Å². The van der Waals surface area contributed by atoms with Crippen molar-refractivity contribution in [2.75, 3.05) is 38.7 Å². The zero-order valence-electron chi connectivity index (χ0n) is 9.87. The summed E-state index contributed by atoms with van der Waals surface area (Å²) in [6.07, 6.45) is 0. The van der Waals surface area contributed by atoms with Crippen LogP contribution in [0.2, 0.25) is 0 Å². The van der Waals surface area contributed by atoms with Gasteiger partial charge in [-0.05, 0) is 6.92 Å². The van der Waals surface area contributed by atoms with E-state index in [1.165, 1.54) is 0 Å². The average Bonchev–Trinajstić information content (AvgIpc) is 2.29. The van der Waals surface area contributed by atoms with Crippen LogP contribution in [0.1, 0.15) is 6.92 Å². The number of ether oxygens (including phenoxy) is 1. The van der Waals surface area contributed by atoms with Crippen LogP contribution in [-0.4, -0.2) is 61.6 Å². The summed E-state index contributed by atoms with van der Waals surface area (Å²) in [5.74, 6) is -0.714. The van der Waals surface area contributed by atoms with E-state index in [0.717, 1.165) is 32.8 Å². The molecule has 0 aromatic rings. The van der Waals surface area contributed by atoms with Gasteiger partial charge in [-0.3, -0.25) is 15.0 Å². The first kappa shape index (κ1) is 14.2. The number of rotatable bonds is 4. The minimum Gasteiger partial charge on any atom is -0.379 e. The van der Waals surface area contributed by atoms with Crippen molar-refractivity contribution in [3.05, 3.63) is 0 Å². The summed E-state index contributed by atoms with van der Waals surface area (Å²) in [6.45, 7) is 5.82. The summed E-state index contributed by atoms with van der Waals surface area (Å²) in [5.41, 5.74) is 0. The van der Waals surface area contributed by atoms with Crippen LogP contribution in [0, 0.1) is 0 Å². The number of hydrogen-bond acceptors (Lipinski definition) is 4. The Bertz CT molecular complexity index is 270. The molecule has 0 radical (unpaired) electrons. The number of hydrogen-bond donors (Lipinski definition) is 2. The summed E-state index contributed by atoms with van der Waals surface area (Å²) in [7, 11) is 0. The van der Waals surface area contributed by atoms with Gasteiger partial charge in [0.2, 0.25) is 5.91 Å². The van der Waals surface area contributed by atoms with Crippen LogP contribution in [0.5, 0.6) is 0 Å². The van der Waals surface area contributed by atoms with E-state index >= 15 is 0 Å². The van der Waals surface area contributed by atoms with E-state index in [9.17, 15) is 9.59 Å². The molecule has 0 aromatic heterocycles. The third-order valence-corrected chi connectivity index (χ3v) is 2.63. The molecule has 3 amide bonds. The lowest BCUT2D eigenvalue weighted by Crippen LogP contribution is -2.49. The van der Waals surface area contributed by atoms with Crippen LogP contribution in [0.4, 0.5) is 4.79 Å². The quantitative estimate of drug-likeness (QED) is 0.688. The van der Waals surface area contributed by atoms with Gasteiger partial charge in [0.15, 0.2) is 0 Å². The molecule has 0 saturated carbocycles. The van der Waals surface area contributed by atoms with Crippen LogP contribution in [0.3, 0.4) is 0 Å². The van der Waals surface area contributed by atoms with Gasteiger partial charge in [0, 0.05) is 25.7 Å². The SMILES string of the molecule is CC(CN1CCOCC1)NC(=O)NC(=O)CCl. The molecular formula is C10H18ClN3O3. The van der Waals surface area contributed by atoms with Crippen molar-refractivity contribution in [2.24, 2.45) is 0 Å². The smallest absolute Gasteiger partial charge is 0.321 e. The van der Waals surface area contributed by atoms with Gasteiger partial charge >= 0.3 is 6.03 Å². The largest absolute Gasteiger partial charge is 0.379 e. The van der Waals surface area contributed by atoms with Crippen molar-refractivity contribution in [3.8, 4) is 0 Å². The van der Waals surface area contributed by atoms with Crippen LogP contribution in [0.25, 0.3) is 0 Å². The number of halogens is 1. The molecular weight excluding hydrogens is 246 g/mol. The van der Waals surface area contributed by atoms with Crippen LogP contribution < -0.4 is 10.6 Å². The molecule has 1 aliphatic rings. The molecule has 1 atom stereocenters. The average molecular weight is 264 g/mol. The Kier molecular flexibility index (Phi) is 6.25. The van der Waals surface area contributed by atoms with E-state index in [-0.39, 0.29) is 11.9 Å². The maximum absolute atomic E-state index is 11.3. The molecule has 0 spiro atoms. The van der Waals surface area contributed by atoms with E-state index in [1.807, 2.05) is 6.92 Å². The van der Waals surface area contributed by atoms with Crippen molar-refractivity contribution < 1.29 is 14.3 Å². The molecule has 2 N–H and O–H groups in total. The van der Waals surface area contributed by atoms with E-state index in [4.69, 9.17) is 16.3 Å².